The van der Waals surface area contributed by atoms with E-state index in [1.54, 1.807) is 36.4 Å². The van der Waals surface area contributed by atoms with Crippen molar-refractivity contribution >= 4 is 11.6 Å². The predicted octanol–water partition coefficient (Wildman–Crippen LogP) is 2.29. The second-order valence-corrected chi connectivity index (χ2v) is 4.16. The van der Waals surface area contributed by atoms with Gasteiger partial charge in [-0.15, -0.1) is 0 Å². The van der Waals surface area contributed by atoms with E-state index in [1.165, 1.54) is 7.11 Å². The molecule has 1 amide bonds. The van der Waals surface area contributed by atoms with Crippen molar-refractivity contribution in [2.75, 3.05) is 19.0 Å². The molecule has 0 unspecified atom stereocenters. The topological polar surface area (TPSA) is 58.6 Å². The van der Waals surface area contributed by atoms with E-state index in [0.717, 1.165) is 0 Å². The number of hydrogen-bond acceptors (Lipinski definition) is 3. The van der Waals surface area contributed by atoms with E-state index in [1.807, 2.05) is 12.1 Å². The molecule has 2 rings (SSSR count). The highest BCUT2D eigenvalue weighted by molar-refractivity contribution is 6.06. The smallest absolute Gasteiger partial charge is 0.259 e. The highest BCUT2D eigenvalue weighted by Gasteiger charge is 2.12. The maximum absolute atomic E-state index is 12.3. The summed E-state index contributed by atoms with van der Waals surface area (Å²) in [6.45, 7) is -0.227. The summed E-state index contributed by atoms with van der Waals surface area (Å²) in [5.41, 5.74) is 1.69. The number of benzene rings is 2. The van der Waals surface area contributed by atoms with Crippen LogP contribution in [0.25, 0.3) is 0 Å². The lowest BCUT2D eigenvalue weighted by molar-refractivity contribution is 0.102. The molecule has 0 radical (unpaired) electrons. The average Bonchev–Trinajstić information content (AvgIpc) is 2.54. The molecule has 0 bridgehead atoms. The van der Waals surface area contributed by atoms with Crippen LogP contribution in [0.5, 0.6) is 5.75 Å². The molecule has 2 N–H and O–H groups in total. The molecule has 0 spiro atoms. The number of rotatable bonds is 3. The van der Waals surface area contributed by atoms with Gasteiger partial charge in [-0.3, -0.25) is 4.79 Å². The summed E-state index contributed by atoms with van der Waals surface area (Å²) in [4.78, 5) is 12.3. The van der Waals surface area contributed by atoms with Crippen LogP contribution in [0.2, 0.25) is 0 Å². The first-order valence-corrected chi connectivity index (χ1v) is 6.39. The molecule has 0 atom stereocenters. The van der Waals surface area contributed by atoms with E-state index < -0.39 is 0 Å². The molecule has 106 valence electrons. The Bertz CT molecular complexity index is 698. The molecular weight excluding hydrogens is 266 g/mol. The van der Waals surface area contributed by atoms with Crippen LogP contribution in [-0.2, 0) is 0 Å². The van der Waals surface area contributed by atoms with Crippen LogP contribution in [-0.4, -0.2) is 24.7 Å². The first-order chi connectivity index (χ1) is 10.3. The summed E-state index contributed by atoms with van der Waals surface area (Å²) >= 11 is 0. The molecule has 0 saturated carbocycles. The van der Waals surface area contributed by atoms with Crippen LogP contribution in [0.1, 0.15) is 15.9 Å². The predicted molar refractivity (Wildman–Crippen MR) is 81.4 cm³/mol. The zero-order chi connectivity index (χ0) is 15.1. The largest absolute Gasteiger partial charge is 0.496 e. The molecule has 4 nitrogen and oxygen atoms in total. The van der Waals surface area contributed by atoms with Crippen molar-refractivity contribution < 1.29 is 14.6 Å². The van der Waals surface area contributed by atoms with E-state index in [2.05, 4.69) is 17.2 Å². The third-order valence-electron chi connectivity index (χ3n) is 2.83. The summed E-state index contributed by atoms with van der Waals surface area (Å²) in [5, 5.41) is 11.6. The summed E-state index contributed by atoms with van der Waals surface area (Å²) in [6.07, 6.45) is 0. The zero-order valence-corrected chi connectivity index (χ0v) is 11.6. The van der Waals surface area contributed by atoms with Gasteiger partial charge < -0.3 is 15.2 Å². The first-order valence-electron chi connectivity index (χ1n) is 6.39. The van der Waals surface area contributed by atoms with Crippen LogP contribution in [0.3, 0.4) is 0 Å². The summed E-state index contributed by atoms with van der Waals surface area (Å²) < 4.78 is 5.18. The Labute approximate surface area is 123 Å². The number of anilines is 1. The third kappa shape index (κ3) is 3.62. The Balaban J connectivity index is 2.28. The lowest BCUT2D eigenvalue weighted by Gasteiger charge is -2.10. The van der Waals surface area contributed by atoms with Gasteiger partial charge in [-0.05, 0) is 24.3 Å². The van der Waals surface area contributed by atoms with Gasteiger partial charge in [0.2, 0.25) is 0 Å². The van der Waals surface area contributed by atoms with Crippen LogP contribution < -0.4 is 10.1 Å². The van der Waals surface area contributed by atoms with Gasteiger partial charge >= 0.3 is 0 Å². The van der Waals surface area contributed by atoms with Gasteiger partial charge in [-0.25, -0.2) is 0 Å². The van der Waals surface area contributed by atoms with Crippen molar-refractivity contribution in [2.24, 2.45) is 0 Å². The fourth-order valence-electron chi connectivity index (χ4n) is 1.86. The molecule has 0 saturated heterocycles. The third-order valence-corrected chi connectivity index (χ3v) is 2.83. The summed E-state index contributed by atoms with van der Waals surface area (Å²) in [5.74, 6) is 5.61. The number of carbonyl (C=O) groups is 1. The number of methoxy groups -OCH3 is 1. The number of nitrogens with one attached hydrogen (secondary N) is 1. The minimum atomic E-state index is -0.273. The number of aliphatic hydroxyl groups excluding tert-OH is 1. The molecule has 0 aromatic heterocycles. The van der Waals surface area contributed by atoms with Gasteiger partial charge in [-0.2, -0.15) is 0 Å². The van der Waals surface area contributed by atoms with Gasteiger partial charge in [0.25, 0.3) is 5.91 Å². The van der Waals surface area contributed by atoms with E-state index >= 15 is 0 Å². The molecule has 0 aliphatic rings. The van der Waals surface area contributed by atoms with Crippen molar-refractivity contribution in [3.8, 4) is 17.6 Å². The van der Waals surface area contributed by atoms with Crippen molar-refractivity contribution in [3.63, 3.8) is 0 Å². The van der Waals surface area contributed by atoms with E-state index in [9.17, 15) is 4.79 Å². The summed E-state index contributed by atoms with van der Waals surface area (Å²) in [6, 6.07) is 14.2. The molecule has 21 heavy (non-hydrogen) atoms. The average molecular weight is 281 g/mol. The number of para-hydroxylation sites is 2. The van der Waals surface area contributed by atoms with Crippen molar-refractivity contribution in [3.05, 3.63) is 59.7 Å². The molecule has 0 aliphatic carbocycles. The molecule has 0 aliphatic heterocycles. The SMILES string of the molecule is COc1ccccc1C(=O)Nc1ccccc1C#CCO. The van der Waals surface area contributed by atoms with Crippen LogP contribution in [0, 0.1) is 11.8 Å². The second kappa shape index (κ2) is 7.13. The lowest BCUT2D eigenvalue weighted by atomic mass is 10.1. The Morgan fingerprint density at radius 1 is 1.19 bits per heavy atom. The zero-order valence-electron chi connectivity index (χ0n) is 11.6. The van der Waals surface area contributed by atoms with E-state index in [4.69, 9.17) is 9.84 Å². The monoisotopic (exact) mass is 281 g/mol. The van der Waals surface area contributed by atoms with E-state index in [-0.39, 0.29) is 12.5 Å². The minimum absolute atomic E-state index is 0.227. The fourth-order valence-corrected chi connectivity index (χ4v) is 1.86. The Morgan fingerprint density at radius 2 is 1.90 bits per heavy atom. The molecule has 4 heteroatoms. The standard InChI is InChI=1S/C17H15NO3/c1-21-16-11-5-3-9-14(16)17(20)18-15-10-4-2-7-13(15)8-6-12-19/h2-5,7,9-11,19H,12H2,1H3,(H,18,20). The number of aliphatic hydroxyl groups is 1. The van der Waals surface area contributed by atoms with Crippen molar-refractivity contribution in [1.29, 1.82) is 0 Å². The highest BCUT2D eigenvalue weighted by atomic mass is 16.5. The lowest BCUT2D eigenvalue weighted by Crippen LogP contribution is -2.14. The number of carbonyl (C=O) groups excluding carboxylic acids is 1. The molecule has 2 aromatic rings. The number of ether oxygens (including phenoxy) is 1. The highest BCUT2D eigenvalue weighted by Crippen LogP contribution is 2.20. The maximum atomic E-state index is 12.3. The van der Waals surface area contributed by atoms with Gasteiger partial charge in [0.1, 0.15) is 12.4 Å². The van der Waals surface area contributed by atoms with Gasteiger partial charge in [0.15, 0.2) is 0 Å². The number of hydrogen-bond donors (Lipinski definition) is 2. The Kier molecular flexibility index (Phi) is 4.97. The fraction of sp³-hybridized carbons (Fsp3) is 0.118. The van der Waals surface area contributed by atoms with Crippen molar-refractivity contribution in [1.82, 2.24) is 0 Å². The molecule has 0 heterocycles. The summed E-state index contributed by atoms with van der Waals surface area (Å²) in [7, 11) is 1.52. The normalized spacial score (nSPS) is 9.43. The molecule has 2 aromatic carbocycles. The van der Waals surface area contributed by atoms with Gasteiger partial charge in [0, 0.05) is 5.56 Å². The van der Waals surface area contributed by atoms with Crippen molar-refractivity contribution in [2.45, 2.75) is 0 Å². The minimum Gasteiger partial charge on any atom is -0.496 e. The quantitative estimate of drug-likeness (QED) is 0.849. The maximum Gasteiger partial charge on any atom is 0.259 e. The van der Waals surface area contributed by atoms with Crippen LogP contribution in [0.15, 0.2) is 48.5 Å². The molecular formula is C17H15NO3. The van der Waals surface area contributed by atoms with Gasteiger partial charge in [0.05, 0.1) is 18.4 Å². The Hall–Kier alpha value is -2.77. The second-order valence-electron chi connectivity index (χ2n) is 4.16. The van der Waals surface area contributed by atoms with E-state index in [0.29, 0.717) is 22.6 Å². The first kappa shape index (κ1) is 14.6. The molecule has 0 fully saturated rings. The number of amides is 1. The van der Waals surface area contributed by atoms with Gasteiger partial charge in [-0.1, -0.05) is 36.1 Å². The van der Waals surface area contributed by atoms with Crippen LogP contribution in [0.4, 0.5) is 5.69 Å². The van der Waals surface area contributed by atoms with Crippen LogP contribution >= 0.6 is 0 Å². The Morgan fingerprint density at radius 3 is 2.67 bits per heavy atom.